The zero-order valence-electron chi connectivity index (χ0n) is 12.8. The number of rotatable bonds is 4. The molecule has 0 aromatic heterocycles. The van der Waals surface area contributed by atoms with Crippen LogP contribution in [0, 0.1) is 5.92 Å². The van der Waals surface area contributed by atoms with Gasteiger partial charge in [-0.3, -0.25) is 4.79 Å². The number of carbonyl (C=O) groups is 1. The largest absolute Gasteiger partial charge is 0.378 e. The lowest BCUT2D eigenvalue weighted by molar-refractivity contribution is -0.140. The molecule has 0 bridgehead atoms. The third-order valence-corrected chi connectivity index (χ3v) is 4.96. The van der Waals surface area contributed by atoms with E-state index in [-0.39, 0.29) is 5.92 Å². The maximum Gasteiger partial charge on any atom is 0.227 e. The summed E-state index contributed by atoms with van der Waals surface area (Å²) in [5, 5.41) is 3.53. The third kappa shape index (κ3) is 2.71. The zero-order chi connectivity index (χ0) is 14.9. The number of hydrogen-bond donors (Lipinski definition) is 1. The van der Waals surface area contributed by atoms with E-state index in [9.17, 15) is 4.79 Å². The monoisotopic (exact) mass is 301 g/mol. The number of likely N-dealkylation sites (tertiary alicyclic amines) is 1. The number of benzene rings is 1. The fourth-order valence-corrected chi connectivity index (χ4v) is 3.52. The highest BCUT2D eigenvalue weighted by Crippen LogP contribution is 2.26. The van der Waals surface area contributed by atoms with E-state index in [1.54, 1.807) is 0 Å². The highest BCUT2D eigenvalue weighted by molar-refractivity contribution is 5.81. The van der Waals surface area contributed by atoms with Crippen molar-refractivity contribution in [2.24, 2.45) is 5.92 Å². The van der Waals surface area contributed by atoms with Gasteiger partial charge >= 0.3 is 0 Å². The minimum absolute atomic E-state index is 0.160. The number of para-hydroxylation sites is 1. The van der Waals surface area contributed by atoms with Crippen LogP contribution in [-0.4, -0.2) is 62.3 Å². The van der Waals surface area contributed by atoms with Crippen LogP contribution in [0.3, 0.4) is 0 Å². The summed E-state index contributed by atoms with van der Waals surface area (Å²) >= 11 is 0. The van der Waals surface area contributed by atoms with Gasteiger partial charge in [-0.1, -0.05) is 18.2 Å². The maximum atomic E-state index is 12.6. The van der Waals surface area contributed by atoms with Crippen molar-refractivity contribution < 1.29 is 9.53 Å². The number of amides is 1. The van der Waals surface area contributed by atoms with Crippen LogP contribution < -0.4 is 10.2 Å². The fourth-order valence-electron chi connectivity index (χ4n) is 3.52. The second-order valence-electron chi connectivity index (χ2n) is 6.61. The summed E-state index contributed by atoms with van der Waals surface area (Å²) in [5.74, 6) is 0.495. The van der Waals surface area contributed by atoms with Crippen LogP contribution in [0.15, 0.2) is 30.3 Å². The fraction of sp³-hybridized carbons (Fsp3) is 0.588. The van der Waals surface area contributed by atoms with Crippen LogP contribution in [0.1, 0.15) is 6.42 Å². The molecule has 3 saturated heterocycles. The first-order valence-electron chi connectivity index (χ1n) is 8.22. The number of hydrogen-bond acceptors (Lipinski definition) is 4. The maximum absolute atomic E-state index is 12.6. The van der Waals surface area contributed by atoms with Crippen molar-refractivity contribution >= 4 is 11.6 Å². The van der Waals surface area contributed by atoms with Gasteiger partial charge in [0.05, 0.1) is 25.2 Å². The molecule has 0 saturated carbocycles. The third-order valence-electron chi connectivity index (χ3n) is 4.96. The van der Waals surface area contributed by atoms with Gasteiger partial charge in [-0.15, -0.1) is 0 Å². The smallest absolute Gasteiger partial charge is 0.227 e. The Morgan fingerprint density at radius 3 is 2.55 bits per heavy atom. The molecule has 1 amide bonds. The number of nitrogens with zero attached hydrogens (tertiary/aromatic N) is 2. The van der Waals surface area contributed by atoms with E-state index >= 15 is 0 Å². The van der Waals surface area contributed by atoms with Gasteiger partial charge in [0.1, 0.15) is 0 Å². The zero-order valence-corrected chi connectivity index (χ0v) is 12.8. The molecule has 4 rings (SSSR count). The predicted molar refractivity (Wildman–Crippen MR) is 84.9 cm³/mol. The molecule has 5 heteroatoms. The van der Waals surface area contributed by atoms with Crippen LogP contribution in [0.5, 0.6) is 0 Å². The molecule has 1 unspecified atom stereocenters. The Hall–Kier alpha value is -1.59. The molecule has 3 aliphatic rings. The summed E-state index contributed by atoms with van der Waals surface area (Å²) < 4.78 is 5.17. The molecular formula is C17H23N3O2. The Morgan fingerprint density at radius 1 is 1.09 bits per heavy atom. The van der Waals surface area contributed by atoms with Gasteiger partial charge in [-0.25, -0.2) is 0 Å². The molecule has 3 fully saturated rings. The molecule has 1 N–H and O–H groups in total. The normalized spacial score (nSPS) is 25.9. The summed E-state index contributed by atoms with van der Waals surface area (Å²) in [6.07, 6.45) is 0.971. The molecule has 5 nitrogen and oxygen atoms in total. The van der Waals surface area contributed by atoms with E-state index in [2.05, 4.69) is 34.5 Å². The number of carbonyl (C=O) groups excluding carboxylic acids is 1. The number of nitrogens with one attached hydrogen (secondary N) is 1. The summed E-state index contributed by atoms with van der Waals surface area (Å²) in [7, 11) is 0. The van der Waals surface area contributed by atoms with Crippen LogP contribution in [-0.2, 0) is 9.53 Å². The molecule has 1 aromatic carbocycles. The quantitative estimate of drug-likeness (QED) is 0.890. The van der Waals surface area contributed by atoms with Crippen molar-refractivity contribution in [3.63, 3.8) is 0 Å². The Balaban J connectivity index is 1.26. The van der Waals surface area contributed by atoms with Crippen molar-refractivity contribution in [2.75, 3.05) is 44.3 Å². The molecule has 3 heterocycles. The molecule has 3 aliphatic heterocycles. The number of ether oxygens (including phenoxy) is 1. The van der Waals surface area contributed by atoms with Crippen molar-refractivity contribution in [1.29, 1.82) is 0 Å². The van der Waals surface area contributed by atoms with Crippen molar-refractivity contribution in [1.82, 2.24) is 10.2 Å². The molecule has 1 atom stereocenters. The molecule has 0 aliphatic carbocycles. The molecule has 0 radical (unpaired) electrons. The predicted octanol–water partition coefficient (Wildman–Crippen LogP) is 0.712. The van der Waals surface area contributed by atoms with Crippen molar-refractivity contribution in [3.8, 4) is 0 Å². The van der Waals surface area contributed by atoms with Crippen molar-refractivity contribution in [2.45, 2.75) is 18.5 Å². The first-order chi connectivity index (χ1) is 10.8. The molecule has 22 heavy (non-hydrogen) atoms. The lowest BCUT2D eigenvalue weighted by Crippen LogP contribution is -2.65. The average molecular weight is 301 g/mol. The SMILES string of the molecule is O=C(C1CCN(c2ccccc2)C1)N1CC(NC2COC2)C1. The molecular weight excluding hydrogens is 278 g/mol. The van der Waals surface area contributed by atoms with Crippen LogP contribution >= 0.6 is 0 Å². The van der Waals surface area contributed by atoms with Gasteiger partial charge < -0.3 is 19.9 Å². The van der Waals surface area contributed by atoms with Gasteiger partial charge in [0.15, 0.2) is 0 Å². The second kappa shape index (κ2) is 5.89. The standard InChI is InChI=1S/C17H23N3O2/c21-17(20-9-14(10-20)18-15-11-22-12-15)13-6-7-19(8-13)16-4-2-1-3-5-16/h1-5,13-15,18H,6-12H2. The Morgan fingerprint density at radius 2 is 1.86 bits per heavy atom. The lowest BCUT2D eigenvalue weighted by atomic mass is 10.0. The topological polar surface area (TPSA) is 44.8 Å². The number of anilines is 1. The summed E-state index contributed by atoms with van der Waals surface area (Å²) in [5.41, 5.74) is 1.23. The van der Waals surface area contributed by atoms with Crippen molar-refractivity contribution in [3.05, 3.63) is 30.3 Å². The van der Waals surface area contributed by atoms with E-state index in [0.29, 0.717) is 18.0 Å². The first kappa shape index (κ1) is 14.0. The van der Waals surface area contributed by atoms with Gasteiger partial charge in [0.2, 0.25) is 5.91 Å². The Bertz CT molecular complexity index is 526. The van der Waals surface area contributed by atoms with Crippen LogP contribution in [0.25, 0.3) is 0 Å². The Kier molecular flexibility index (Phi) is 3.76. The van der Waals surface area contributed by atoms with E-state index < -0.39 is 0 Å². The highest BCUT2D eigenvalue weighted by Gasteiger charge is 2.38. The summed E-state index contributed by atoms with van der Waals surface area (Å²) in [4.78, 5) is 16.9. The van der Waals surface area contributed by atoms with Crippen LogP contribution in [0.2, 0.25) is 0 Å². The van der Waals surface area contributed by atoms with Gasteiger partial charge in [-0.05, 0) is 18.6 Å². The van der Waals surface area contributed by atoms with Gasteiger partial charge in [-0.2, -0.15) is 0 Å². The summed E-state index contributed by atoms with van der Waals surface area (Å²) in [6.45, 7) is 5.19. The Labute approximate surface area is 131 Å². The molecule has 1 aromatic rings. The van der Waals surface area contributed by atoms with Crippen LogP contribution in [0.4, 0.5) is 5.69 Å². The van der Waals surface area contributed by atoms with Gasteiger partial charge in [0, 0.05) is 37.9 Å². The first-order valence-corrected chi connectivity index (χ1v) is 8.22. The minimum atomic E-state index is 0.160. The minimum Gasteiger partial charge on any atom is -0.378 e. The van der Waals surface area contributed by atoms with E-state index in [1.165, 1.54) is 5.69 Å². The van der Waals surface area contributed by atoms with E-state index in [4.69, 9.17) is 4.74 Å². The van der Waals surface area contributed by atoms with E-state index in [0.717, 1.165) is 45.8 Å². The summed E-state index contributed by atoms with van der Waals surface area (Å²) in [6, 6.07) is 11.4. The molecule has 0 spiro atoms. The average Bonchev–Trinajstić information content (AvgIpc) is 2.94. The van der Waals surface area contributed by atoms with Gasteiger partial charge in [0.25, 0.3) is 0 Å². The molecule has 118 valence electrons. The highest BCUT2D eigenvalue weighted by atomic mass is 16.5. The lowest BCUT2D eigenvalue weighted by Gasteiger charge is -2.44. The van der Waals surface area contributed by atoms with E-state index in [1.807, 2.05) is 11.0 Å². The second-order valence-corrected chi connectivity index (χ2v) is 6.61.